The van der Waals surface area contributed by atoms with E-state index in [9.17, 15) is 14.4 Å². The summed E-state index contributed by atoms with van der Waals surface area (Å²) in [5, 5.41) is 6.04. The molecule has 1 fully saturated rings. The molecular weight excluding hydrogens is 436 g/mol. The fraction of sp³-hybridized carbons (Fsp3) is 0.318. The first-order chi connectivity index (χ1) is 15.5. The first-order valence-corrected chi connectivity index (χ1v) is 10.5. The summed E-state index contributed by atoms with van der Waals surface area (Å²) in [5.41, 5.74) is 1.47. The summed E-state index contributed by atoms with van der Waals surface area (Å²) in [6.07, 6.45) is 1.47. The van der Waals surface area contributed by atoms with Crippen LogP contribution in [0.5, 0.6) is 0 Å². The molecule has 3 amide bonds. The van der Waals surface area contributed by atoms with E-state index in [1.54, 1.807) is 41.3 Å². The fourth-order valence-electron chi connectivity index (χ4n) is 3.92. The van der Waals surface area contributed by atoms with Crippen molar-refractivity contribution in [3.05, 3.63) is 70.3 Å². The molecule has 0 bridgehead atoms. The van der Waals surface area contributed by atoms with Gasteiger partial charge in [0.2, 0.25) is 0 Å². The summed E-state index contributed by atoms with van der Waals surface area (Å²) in [4.78, 5) is 41.3. The van der Waals surface area contributed by atoms with Crippen molar-refractivity contribution in [2.24, 2.45) is 0 Å². The highest BCUT2D eigenvalue weighted by molar-refractivity contribution is 6.30. The van der Waals surface area contributed by atoms with E-state index >= 15 is 0 Å². The predicted octanol–water partition coefficient (Wildman–Crippen LogP) is 2.17. The van der Waals surface area contributed by atoms with Crippen LogP contribution in [0.25, 0.3) is 0 Å². The number of amides is 3. The highest BCUT2D eigenvalue weighted by Gasteiger charge is 2.35. The van der Waals surface area contributed by atoms with Crippen LogP contribution in [-0.4, -0.2) is 67.5 Å². The molecule has 0 spiro atoms. The third-order valence-corrected chi connectivity index (χ3v) is 5.75. The SMILES string of the molecule is COC(=O)C1=C(CN2CCN(C(=O)c3ccco3)CC2)NC(=O)N[C@@H]1c1cccc(Cl)c1. The molecule has 1 saturated heterocycles. The lowest BCUT2D eigenvalue weighted by atomic mass is 9.95. The smallest absolute Gasteiger partial charge is 0.338 e. The number of carbonyl (C=O) groups is 3. The number of hydrogen-bond donors (Lipinski definition) is 2. The van der Waals surface area contributed by atoms with Crippen LogP contribution in [0.1, 0.15) is 22.2 Å². The van der Waals surface area contributed by atoms with Crippen LogP contribution in [0.2, 0.25) is 5.02 Å². The Balaban J connectivity index is 1.53. The van der Waals surface area contributed by atoms with E-state index in [0.29, 0.717) is 60.3 Å². The highest BCUT2D eigenvalue weighted by atomic mass is 35.5. The number of esters is 1. The van der Waals surface area contributed by atoms with Crippen LogP contribution in [-0.2, 0) is 9.53 Å². The van der Waals surface area contributed by atoms with Gasteiger partial charge in [0, 0.05) is 43.4 Å². The zero-order chi connectivity index (χ0) is 22.7. The average Bonchev–Trinajstić information content (AvgIpc) is 3.33. The molecular formula is C22H23ClN4O5. The number of urea groups is 1. The molecule has 2 aliphatic rings. The summed E-state index contributed by atoms with van der Waals surface area (Å²) in [6, 6.07) is 9.20. The van der Waals surface area contributed by atoms with E-state index in [0.717, 1.165) is 0 Å². The topological polar surface area (TPSA) is 104 Å². The van der Waals surface area contributed by atoms with Gasteiger partial charge in [-0.3, -0.25) is 9.69 Å². The number of methoxy groups -OCH3 is 1. The number of nitrogens with one attached hydrogen (secondary N) is 2. The lowest BCUT2D eigenvalue weighted by Crippen LogP contribution is -2.52. The number of halogens is 1. The maximum Gasteiger partial charge on any atom is 0.338 e. The number of carbonyl (C=O) groups excluding carboxylic acids is 3. The summed E-state index contributed by atoms with van der Waals surface area (Å²) >= 11 is 6.12. The largest absolute Gasteiger partial charge is 0.466 e. The van der Waals surface area contributed by atoms with Crippen molar-refractivity contribution in [2.75, 3.05) is 39.8 Å². The van der Waals surface area contributed by atoms with Crippen molar-refractivity contribution in [3.63, 3.8) is 0 Å². The first kappa shape index (κ1) is 21.9. The van der Waals surface area contributed by atoms with E-state index in [-0.39, 0.29) is 5.91 Å². The predicted molar refractivity (Wildman–Crippen MR) is 116 cm³/mol. The van der Waals surface area contributed by atoms with Gasteiger partial charge in [-0.25, -0.2) is 9.59 Å². The molecule has 9 nitrogen and oxygen atoms in total. The molecule has 0 aliphatic carbocycles. The lowest BCUT2D eigenvalue weighted by molar-refractivity contribution is -0.136. The first-order valence-electron chi connectivity index (χ1n) is 10.2. The van der Waals surface area contributed by atoms with Gasteiger partial charge in [0.1, 0.15) is 0 Å². The normalized spacial score (nSPS) is 19.4. The van der Waals surface area contributed by atoms with E-state index in [1.165, 1.54) is 13.4 Å². The molecule has 1 aromatic carbocycles. The van der Waals surface area contributed by atoms with Crippen molar-refractivity contribution in [2.45, 2.75) is 6.04 Å². The molecule has 0 saturated carbocycles. The third kappa shape index (κ3) is 4.63. The average molecular weight is 459 g/mol. The zero-order valence-corrected chi connectivity index (χ0v) is 18.2. The summed E-state index contributed by atoms with van der Waals surface area (Å²) in [5.74, 6) is -0.381. The molecule has 2 aromatic rings. The number of benzene rings is 1. The minimum Gasteiger partial charge on any atom is -0.466 e. The minimum atomic E-state index is -0.688. The second-order valence-electron chi connectivity index (χ2n) is 7.52. The van der Waals surface area contributed by atoms with Crippen LogP contribution >= 0.6 is 11.6 Å². The van der Waals surface area contributed by atoms with Crippen LogP contribution in [0.4, 0.5) is 4.79 Å². The number of rotatable bonds is 5. The van der Waals surface area contributed by atoms with Gasteiger partial charge >= 0.3 is 12.0 Å². The van der Waals surface area contributed by atoms with E-state index in [2.05, 4.69) is 15.5 Å². The molecule has 168 valence electrons. The molecule has 0 radical (unpaired) electrons. The van der Waals surface area contributed by atoms with Gasteiger partial charge in [0.05, 0.1) is 25.0 Å². The van der Waals surface area contributed by atoms with Gasteiger partial charge < -0.3 is 24.7 Å². The monoisotopic (exact) mass is 458 g/mol. The molecule has 3 heterocycles. The number of hydrogen-bond acceptors (Lipinski definition) is 6. The van der Waals surface area contributed by atoms with Crippen LogP contribution in [0, 0.1) is 0 Å². The lowest BCUT2D eigenvalue weighted by Gasteiger charge is -2.36. The third-order valence-electron chi connectivity index (χ3n) is 5.51. The Morgan fingerprint density at radius 1 is 1.19 bits per heavy atom. The number of piperazine rings is 1. The quantitative estimate of drug-likeness (QED) is 0.665. The van der Waals surface area contributed by atoms with Crippen LogP contribution < -0.4 is 10.6 Å². The molecule has 2 aliphatic heterocycles. The Labute approximate surface area is 189 Å². The van der Waals surface area contributed by atoms with Crippen molar-refractivity contribution >= 4 is 29.5 Å². The maximum atomic E-state index is 12.7. The Morgan fingerprint density at radius 3 is 2.62 bits per heavy atom. The van der Waals surface area contributed by atoms with Crippen LogP contribution in [0.3, 0.4) is 0 Å². The van der Waals surface area contributed by atoms with Gasteiger partial charge in [-0.15, -0.1) is 0 Å². The second kappa shape index (κ2) is 9.46. The molecule has 32 heavy (non-hydrogen) atoms. The fourth-order valence-corrected chi connectivity index (χ4v) is 4.12. The molecule has 2 N–H and O–H groups in total. The molecule has 0 unspecified atom stereocenters. The van der Waals surface area contributed by atoms with E-state index in [4.69, 9.17) is 20.8 Å². The van der Waals surface area contributed by atoms with E-state index < -0.39 is 18.0 Å². The molecule has 4 rings (SSSR count). The number of furan rings is 1. The minimum absolute atomic E-state index is 0.152. The second-order valence-corrected chi connectivity index (χ2v) is 7.95. The van der Waals surface area contributed by atoms with Crippen molar-refractivity contribution < 1.29 is 23.5 Å². The Morgan fingerprint density at radius 2 is 1.97 bits per heavy atom. The summed E-state index contributed by atoms with van der Waals surface area (Å²) < 4.78 is 10.2. The van der Waals surface area contributed by atoms with Gasteiger partial charge in [-0.1, -0.05) is 23.7 Å². The van der Waals surface area contributed by atoms with Gasteiger partial charge in [0.25, 0.3) is 5.91 Å². The molecule has 1 atom stereocenters. The van der Waals surface area contributed by atoms with Crippen molar-refractivity contribution in [1.82, 2.24) is 20.4 Å². The van der Waals surface area contributed by atoms with Crippen molar-refractivity contribution in [1.29, 1.82) is 0 Å². The van der Waals surface area contributed by atoms with E-state index in [1.807, 2.05) is 0 Å². The summed E-state index contributed by atoms with van der Waals surface area (Å²) in [7, 11) is 1.30. The van der Waals surface area contributed by atoms with Gasteiger partial charge in [0.15, 0.2) is 5.76 Å². The zero-order valence-electron chi connectivity index (χ0n) is 17.5. The van der Waals surface area contributed by atoms with Crippen LogP contribution in [0.15, 0.2) is 58.3 Å². The van der Waals surface area contributed by atoms with Crippen molar-refractivity contribution in [3.8, 4) is 0 Å². The Hall–Kier alpha value is -3.30. The number of nitrogens with zero attached hydrogens (tertiary/aromatic N) is 2. The molecule has 1 aromatic heterocycles. The maximum absolute atomic E-state index is 12.7. The molecule has 10 heteroatoms. The van der Waals surface area contributed by atoms with Gasteiger partial charge in [-0.05, 0) is 29.8 Å². The Kier molecular flexibility index (Phi) is 6.48. The highest BCUT2D eigenvalue weighted by Crippen LogP contribution is 2.29. The number of ether oxygens (including phenoxy) is 1. The Bertz CT molecular complexity index is 1040. The van der Waals surface area contributed by atoms with Gasteiger partial charge in [-0.2, -0.15) is 0 Å². The standard InChI is InChI=1S/C22H23ClN4O5/c1-31-21(29)18-16(24-22(30)25-19(18)14-4-2-5-15(23)12-14)13-26-7-9-27(10-8-26)20(28)17-6-3-11-32-17/h2-6,11-12,19H,7-10,13H2,1H3,(H2,24,25,30)/t19-/m1/s1. The summed E-state index contributed by atoms with van der Waals surface area (Å²) in [6.45, 7) is 2.50.